The number of ketones is 1. The van der Waals surface area contributed by atoms with Gasteiger partial charge in [0, 0.05) is 66.9 Å². The summed E-state index contributed by atoms with van der Waals surface area (Å²) in [5.41, 5.74) is 6.97. The number of benzene rings is 2. The maximum atomic E-state index is 15.0. The number of allylic oxidation sites excluding steroid dienone is 2. The Morgan fingerprint density at radius 3 is 2.51 bits per heavy atom. The Balaban J connectivity index is 1.12. The van der Waals surface area contributed by atoms with Crippen LogP contribution >= 0.6 is 0 Å². The molecule has 8 rings (SSSR count). The van der Waals surface area contributed by atoms with Crippen molar-refractivity contribution in [1.82, 2.24) is 19.5 Å². The highest BCUT2D eigenvalue weighted by Crippen LogP contribution is 2.57. The molecule has 2 aromatic carbocycles. The fraction of sp³-hybridized carbons (Fsp3) is 0.553. The molecule has 2 saturated heterocycles. The number of methoxy groups -OCH3 is 1. The van der Waals surface area contributed by atoms with Crippen LogP contribution in [0, 0.1) is 23.2 Å². The summed E-state index contributed by atoms with van der Waals surface area (Å²) < 4.78 is 40.7. The average Bonchev–Trinajstić information content (AvgIpc) is 4.11. The molecule has 13 nitrogen and oxygen atoms in total. The molecule has 2 saturated carbocycles. The topological polar surface area (TPSA) is 178 Å². The zero-order valence-corrected chi connectivity index (χ0v) is 36.3. The number of amides is 3. The minimum Gasteiger partial charge on any atom is -0.497 e. The minimum absolute atomic E-state index is 0.0180. The van der Waals surface area contributed by atoms with E-state index in [2.05, 4.69) is 4.72 Å². The first-order valence-corrected chi connectivity index (χ1v) is 23.5. The number of carbonyl (C=O) groups excluding carboxylic acids is 4. The number of pyridine rings is 1. The Morgan fingerprint density at radius 2 is 1.79 bits per heavy atom. The van der Waals surface area contributed by atoms with Crippen LogP contribution in [0.1, 0.15) is 90.9 Å². The fourth-order valence-corrected chi connectivity index (χ4v) is 11.0. The molecule has 3 aromatic rings. The van der Waals surface area contributed by atoms with Gasteiger partial charge in [-0.3, -0.25) is 23.9 Å². The molecule has 14 heteroatoms. The normalized spacial score (nSPS) is 28.0. The Kier molecular flexibility index (Phi) is 12.0. The number of fused-ring (bicyclic) bond motifs is 3. The van der Waals surface area contributed by atoms with E-state index in [1.54, 1.807) is 12.0 Å². The van der Waals surface area contributed by atoms with E-state index in [1.165, 1.54) is 0 Å². The number of rotatable bonds is 10. The van der Waals surface area contributed by atoms with Gasteiger partial charge in [0.25, 0.3) is 0 Å². The molecule has 4 fully saturated rings. The van der Waals surface area contributed by atoms with Crippen LogP contribution in [-0.4, -0.2) is 96.4 Å². The lowest BCUT2D eigenvalue weighted by Gasteiger charge is -2.30. The third kappa shape index (κ3) is 9.35. The molecule has 3 N–H and O–H groups in total. The van der Waals surface area contributed by atoms with Gasteiger partial charge in [-0.25, -0.2) is 13.4 Å². The minimum atomic E-state index is -3.86. The van der Waals surface area contributed by atoms with E-state index in [9.17, 15) is 22.8 Å². The zero-order valence-electron chi connectivity index (χ0n) is 35.5. The van der Waals surface area contributed by atoms with E-state index in [0.29, 0.717) is 61.5 Å². The third-order valence-electron chi connectivity index (χ3n) is 13.7. The number of nitrogens with two attached hydrogens (primary N) is 1. The number of carbonyl (C=O) groups is 4. The number of hydrogen-bond acceptors (Lipinski definition) is 10. The summed E-state index contributed by atoms with van der Waals surface area (Å²) in [7, 11) is -2.27. The van der Waals surface area contributed by atoms with Crippen LogP contribution in [0.25, 0.3) is 22.2 Å². The van der Waals surface area contributed by atoms with Crippen molar-refractivity contribution in [2.45, 2.75) is 114 Å². The SMILES string of the molecule is COc1ccc2c(O[C@@H]3C[C@H]4C(=O)C[C@]5(C(=O)NS(=O)(=O)C6CC6)C[C@H]5/C=C\CCCCC[C@H](CC(=O)N5CC[C@H](C(C)(C)N)C5)C(=O)N4C3)cc(-c3ccccc3)nc2c1. The molecule has 5 aliphatic rings. The van der Waals surface area contributed by atoms with E-state index < -0.39 is 50.2 Å². The summed E-state index contributed by atoms with van der Waals surface area (Å²) >= 11 is 0. The van der Waals surface area contributed by atoms with Crippen molar-refractivity contribution in [3.8, 4) is 22.8 Å². The quantitative estimate of drug-likeness (QED) is 0.232. The van der Waals surface area contributed by atoms with Gasteiger partial charge in [0.2, 0.25) is 27.7 Å². The molecular formula is C47H59N5O8S. The van der Waals surface area contributed by atoms with Crippen LogP contribution in [0.3, 0.4) is 0 Å². The van der Waals surface area contributed by atoms with Gasteiger partial charge in [0.15, 0.2) is 5.78 Å². The molecule has 2 aliphatic carbocycles. The van der Waals surface area contributed by atoms with Crippen LogP contribution in [0.4, 0.5) is 0 Å². The van der Waals surface area contributed by atoms with Gasteiger partial charge in [-0.05, 0) is 82.8 Å². The van der Waals surface area contributed by atoms with Crippen molar-refractivity contribution >= 4 is 44.4 Å². The third-order valence-corrected chi connectivity index (χ3v) is 15.5. The first-order valence-electron chi connectivity index (χ1n) is 22.0. The monoisotopic (exact) mass is 853 g/mol. The van der Waals surface area contributed by atoms with Crippen LogP contribution in [-0.2, 0) is 29.2 Å². The molecule has 61 heavy (non-hydrogen) atoms. The second kappa shape index (κ2) is 17.2. The van der Waals surface area contributed by atoms with Crippen LogP contribution in [0.15, 0.2) is 66.7 Å². The van der Waals surface area contributed by atoms with Gasteiger partial charge in [-0.2, -0.15) is 0 Å². The molecule has 0 bridgehead atoms. The van der Waals surface area contributed by atoms with E-state index in [0.717, 1.165) is 43.1 Å². The van der Waals surface area contributed by atoms with Crippen molar-refractivity contribution in [2.24, 2.45) is 28.9 Å². The van der Waals surface area contributed by atoms with Gasteiger partial charge in [-0.15, -0.1) is 0 Å². The van der Waals surface area contributed by atoms with Gasteiger partial charge in [-0.1, -0.05) is 55.3 Å². The molecule has 0 unspecified atom stereocenters. The van der Waals surface area contributed by atoms with Crippen molar-refractivity contribution in [2.75, 3.05) is 26.7 Å². The second-order valence-electron chi connectivity index (χ2n) is 18.6. The lowest BCUT2D eigenvalue weighted by atomic mass is 9.88. The Morgan fingerprint density at radius 1 is 1.00 bits per heavy atom. The summed E-state index contributed by atoms with van der Waals surface area (Å²) in [6, 6.07) is 16.2. The van der Waals surface area contributed by atoms with Gasteiger partial charge < -0.3 is 25.0 Å². The molecule has 3 amide bonds. The summed E-state index contributed by atoms with van der Waals surface area (Å²) in [6.07, 6.45) is 9.10. The highest BCUT2D eigenvalue weighted by molar-refractivity contribution is 7.90. The molecule has 326 valence electrons. The molecule has 0 radical (unpaired) electrons. The van der Waals surface area contributed by atoms with Crippen LogP contribution in [0.2, 0.25) is 0 Å². The summed E-state index contributed by atoms with van der Waals surface area (Å²) in [4.78, 5) is 66.1. The number of likely N-dealkylation sites (tertiary alicyclic amines) is 1. The number of nitrogens with zero attached hydrogens (tertiary/aromatic N) is 3. The number of sulfonamides is 1. The molecule has 0 spiro atoms. The van der Waals surface area contributed by atoms with Crippen LogP contribution in [0.5, 0.6) is 11.5 Å². The highest BCUT2D eigenvalue weighted by atomic mass is 32.2. The molecule has 3 aliphatic heterocycles. The summed E-state index contributed by atoms with van der Waals surface area (Å²) in [5, 5.41) is 0.135. The lowest BCUT2D eigenvalue weighted by molar-refractivity contribution is -0.145. The fourth-order valence-electron chi connectivity index (χ4n) is 9.59. The summed E-state index contributed by atoms with van der Waals surface area (Å²) in [6.45, 7) is 5.16. The van der Waals surface area contributed by atoms with Crippen molar-refractivity contribution < 1.29 is 37.1 Å². The second-order valence-corrected chi connectivity index (χ2v) is 20.6. The van der Waals surface area contributed by atoms with E-state index in [1.807, 2.05) is 85.5 Å². The molecule has 6 atom stereocenters. The molecular weight excluding hydrogens is 795 g/mol. The highest BCUT2D eigenvalue weighted by Gasteiger charge is 2.61. The first kappa shape index (κ1) is 42.9. The first-order chi connectivity index (χ1) is 29.1. The van der Waals surface area contributed by atoms with Crippen molar-refractivity contribution in [3.05, 3.63) is 66.7 Å². The van der Waals surface area contributed by atoms with Gasteiger partial charge >= 0.3 is 0 Å². The van der Waals surface area contributed by atoms with E-state index >= 15 is 4.79 Å². The predicted molar refractivity (Wildman–Crippen MR) is 232 cm³/mol. The van der Waals surface area contributed by atoms with E-state index in [-0.39, 0.29) is 55.2 Å². The van der Waals surface area contributed by atoms with Crippen molar-refractivity contribution in [1.29, 1.82) is 0 Å². The Labute approximate surface area is 358 Å². The standard InChI is InChI=1S/C47H59N5O8S/c1-46(2,48)33-20-21-51(28-33)43(54)22-31-14-8-5-4-6-11-15-32-26-47(32,45(56)50-61(57,58)36-17-18-36)27-41(53)40-24-35(29-52(40)44(31)55)60-42-25-38(30-12-9-7-10-13-30)49-39-23-34(59-3)16-19-37(39)42/h7,9-13,15-16,19,23,25,31-33,35-36,40H,4-6,8,14,17-18,20-22,24,26-29,48H2,1-3H3,(H,50,56)/b15-11-/t31-,32-,33+,35-,40+,47-/m1/s1. The van der Waals surface area contributed by atoms with Gasteiger partial charge in [0.05, 0.1) is 41.6 Å². The maximum Gasteiger partial charge on any atom is 0.240 e. The number of nitrogens with one attached hydrogen (secondary N) is 1. The molecule has 1 aromatic heterocycles. The average molecular weight is 854 g/mol. The largest absolute Gasteiger partial charge is 0.497 e. The number of aromatic nitrogens is 1. The Hall–Kier alpha value is -4.82. The smallest absolute Gasteiger partial charge is 0.240 e. The maximum absolute atomic E-state index is 15.0. The number of ether oxygens (including phenoxy) is 2. The molecule has 4 heterocycles. The lowest BCUT2D eigenvalue weighted by Crippen LogP contribution is -2.47. The number of hydrogen-bond donors (Lipinski definition) is 2. The Bertz CT molecular complexity index is 2310. The van der Waals surface area contributed by atoms with E-state index in [4.69, 9.17) is 20.2 Å². The zero-order chi connectivity index (χ0) is 43.1. The van der Waals surface area contributed by atoms with Crippen LogP contribution < -0.4 is 19.9 Å². The van der Waals surface area contributed by atoms with Gasteiger partial charge in [0.1, 0.15) is 17.6 Å². The van der Waals surface area contributed by atoms with Crippen molar-refractivity contribution in [3.63, 3.8) is 0 Å². The predicted octanol–water partition coefficient (Wildman–Crippen LogP) is 5.95. The number of Topliss-reactive ketones (excluding diaryl/α,β-unsaturated/α-hetero) is 1. The summed E-state index contributed by atoms with van der Waals surface area (Å²) in [5.74, 6) is -1.02.